The number of halogens is 1. The Bertz CT molecular complexity index is 706. The van der Waals surface area contributed by atoms with Gasteiger partial charge in [-0.2, -0.15) is 4.39 Å². The second kappa shape index (κ2) is 7.29. The minimum Gasteiger partial charge on any atom is -0.497 e. The monoisotopic (exact) mass is 329 g/mol. The zero-order chi connectivity index (χ0) is 16.9. The summed E-state index contributed by atoms with van der Waals surface area (Å²) in [5.41, 5.74) is 1.91. The lowest BCUT2D eigenvalue weighted by Crippen LogP contribution is -2.38. The van der Waals surface area contributed by atoms with Crippen molar-refractivity contribution in [3.05, 3.63) is 59.7 Å². The van der Waals surface area contributed by atoms with Gasteiger partial charge in [0.15, 0.2) is 0 Å². The Morgan fingerprint density at radius 1 is 1.38 bits per heavy atom. The van der Waals surface area contributed by atoms with Gasteiger partial charge in [0, 0.05) is 31.7 Å². The molecular weight excluding hydrogens is 309 g/mol. The number of methoxy groups -OCH3 is 1. The Hall–Kier alpha value is -2.63. The molecule has 1 unspecified atom stereocenters. The van der Waals surface area contributed by atoms with Gasteiger partial charge < -0.3 is 15.0 Å². The fourth-order valence-electron chi connectivity index (χ4n) is 2.93. The average molecular weight is 329 g/mol. The summed E-state index contributed by atoms with van der Waals surface area (Å²) < 4.78 is 18.2. The van der Waals surface area contributed by atoms with Crippen molar-refractivity contribution in [2.45, 2.75) is 18.9 Å². The van der Waals surface area contributed by atoms with Crippen molar-refractivity contribution in [1.29, 1.82) is 0 Å². The summed E-state index contributed by atoms with van der Waals surface area (Å²) in [4.78, 5) is 17.6. The van der Waals surface area contributed by atoms with Crippen LogP contribution in [0.2, 0.25) is 0 Å². The summed E-state index contributed by atoms with van der Waals surface area (Å²) in [6.45, 7) is 1.69. The van der Waals surface area contributed by atoms with Crippen molar-refractivity contribution in [3.8, 4) is 5.75 Å². The van der Waals surface area contributed by atoms with Crippen LogP contribution in [0.15, 0.2) is 42.6 Å². The van der Waals surface area contributed by atoms with Gasteiger partial charge in [0.2, 0.25) is 5.95 Å². The summed E-state index contributed by atoms with van der Waals surface area (Å²) >= 11 is 0. The minimum atomic E-state index is -0.539. The van der Waals surface area contributed by atoms with Gasteiger partial charge in [-0.1, -0.05) is 12.1 Å². The lowest BCUT2D eigenvalue weighted by molar-refractivity contribution is 0.208. The van der Waals surface area contributed by atoms with Gasteiger partial charge in [-0.15, -0.1) is 0 Å². The van der Waals surface area contributed by atoms with Crippen LogP contribution in [0.4, 0.5) is 9.18 Å². The quantitative estimate of drug-likeness (QED) is 0.878. The average Bonchev–Trinajstić information content (AvgIpc) is 3.10. The molecule has 1 aliphatic rings. The summed E-state index contributed by atoms with van der Waals surface area (Å²) in [5, 5.41) is 2.83. The third kappa shape index (κ3) is 3.82. The molecule has 0 aliphatic carbocycles. The van der Waals surface area contributed by atoms with Crippen LogP contribution in [0.3, 0.4) is 0 Å². The number of nitrogens with zero attached hydrogens (tertiary/aromatic N) is 2. The number of rotatable bonds is 4. The second-order valence-corrected chi connectivity index (χ2v) is 5.85. The van der Waals surface area contributed by atoms with Crippen LogP contribution in [0.25, 0.3) is 0 Å². The molecule has 0 radical (unpaired) electrons. The Morgan fingerprint density at radius 3 is 2.88 bits per heavy atom. The van der Waals surface area contributed by atoms with Crippen LogP contribution in [-0.2, 0) is 6.54 Å². The van der Waals surface area contributed by atoms with E-state index in [9.17, 15) is 9.18 Å². The molecule has 3 rings (SSSR count). The zero-order valence-corrected chi connectivity index (χ0v) is 13.5. The molecule has 2 heterocycles. The number of hydrogen-bond acceptors (Lipinski definition) is 3. The van der Waals surface area contributed by atoms with Crippen LogP contribution in [0.1, 0.15) is 23.5 Å². The molecule has 0 spiro atoms. The molecule has 1 aromatic carbocycles. The second-order valence-electron chi connectivity index (χ2n) is 5.85. The van der Waals surface area contributed by atoms with E-state index in [4.69, 9.17) is 4.74 Å². The highest BCUT2D eigenvalue weighted by molar-refractivity contribution is 5.74. The molecule has 2 aromatic rings. The first kappa shape index (κ1) is 16.2. The third-order valence-corrected chi connectivity index (χ3v) is 4.30. The van der Waals surface area contributed by atoms with Gasteiger partial charge in [-0.05, 0) is 41.8 Å². The first-order valence-corrected chi connectivity index (χ1v) is 7.93. The summed E-state index contributed by atoms with van der Waals surface area (Å²) in [7, 11) is 1.64. The third-order valence-electron chi connectivity index (χ3n) is 4.30. The molecule has 126 valence electrons. The molecule has 6 heteroatoms. The molecule has 0 saturated carbocycles. The lowest BCUT2D eigenvalue weighted by Gasteiger charge is -2.17. The van der Waals surface area contributed by atoms with E-state index in [-0.39, 0.29) is 6.03 Å². The van der Waals surface area contributed by atoms with Gasteiger partial charge in [0.25, 0.3) is 0 Å². The summed E-state index contributed by atoms with van der Waals surface area (Å²) in [6, 6.07) is 10.9. The molecular formula is C18H20FN3O2. The number of ether oxygens (including phenoxy) is 1. The number of benzene rings is 1. The maximum Gasteiger partial charge on any atom is 0.317 e. The number of urea groups is 1. The standard InChI is InChI=1S/C18H20FN3O2/c1-24-16-4-2-14(3-5-16)15-7-9-22(12-15)18(23)21-11-13-6-8-20-17(19)10-13/h2-6,8,10,15H,7,9,11-12H2,1H3,(H,21,23). The highest BCUT2D eigenvalue weighted by Gasteiger charge is 2.27. The summed E-state index contributed by atoms with van der Waals surface area (Å²) in [5.74, 6) is 0.624. The van der Waals surface area contributed by atoms with Crippen LogP contribution in [0, 0.1) is 5.95 Å². The number of nitrogens with one attached hydrogen (secondary N) is 1. The molecule has 0 bridgehead atoms. The highest BCUT2D eigenvalue weighted by atomic mass is 19.1. The SMILES string of the molecule is COc1ccc(C2CCN(C(=O)NCc3ccnc(F)c3)C2)cc1. The Balaban J connectivity index is 1.53. The summed E-state index contributed by atoms with van der Waals surface area (Å²) in [6.07, 6.45) is 2.33. The Morgan fingerprint density at radius 2 is 2.17 bits per heavy atom. The van der Waals surface area contributed by atoms with Crippen molar-refractivity contribution >= 4 is 6.03 Å². The molecule has 1 aromatic heterocycles. The first-order valence-electron chi connectivity index (χ1n) is 7.93. The number of aromatic nitrogens is 1. The Kier molecular flexibility index (Phi) is 4.93. The predicted molar refractivity (Wildman–Crippen MR) is 88.4 cm³/mol. The number of hydrogen-bond donors (Lipinski definition) is 1. The zero-order valence-electron chi connectivity index (χ0n) is 13.5. The van der Waals surface area contributed by atoms with Gasteiger partial charge in [0.05, 0.1) is 7.11 Å². The van der Waals surface area contributed by atoms with Crippen molar-refractivity contribution in [1.82, 2.24) is 15.2 Å². The van der Waals surface area contributed by atoms with E-state index in [0.717, 1.165) is 12.2 Å². The predicted octanol–water partition coefficient (Wildman–Crippen LogP) is 2.93. The molecule has 1 saturated heterocycles. The molecule has 1 atom stereocenters. The van der Waals surface area contributed by atoms with Crippen molar-refractivity contribution < 1.29 is 13.9 Å². The Labute approximate surface area is 140 Å². The number of carbonyl (C=O) groups is 1. The molecule has 1 aliphatic heterocycles. The minimum absolute atomic E-state index is 0.122. The fraction of sp³-hybridized carbons (Fsp3) is 0.333. The van der Waals surface area contributed by atoms with E-state index in [1.807, 2.05) is 24.3 Å². The normalized spacial score (nSPS) is 16.9. The molecule has 24 heavy (non-hydrogen) atoms. The van der Waals surface area contributed by atoms with E-state index in [1.54, 1.807) is 18.1 Å². The van der Waals surface area contributed by atoms with Crippen molar-refractivity contribution in [3.63, 3.8) is 0 Å². The molecule has 1 fully saturated rings. The van der Waals surface area contributed by atoms with Crippen molar-refractivity contribution in [2.24, 2.45) is 0 Å². The maximum atomic E-state index is 13.0. The molecule has 2 amide bonds. The number of likely N-dealkylation sites (tertiary alicyclic amines) is 1. The lowest BCUT2D eigenvalue weighted by atomic mass is 9.98. The number of carbonyl (C=O) groups excluding carboxylic acids is 1. The highest BCUT2D eigenvalue weighted by Crippen LogP contribution is 2.28. The van der Waals surface area contributed by atoms with E-state index in [0.29, 0.717) is 31.1 Å². The topological polar surface area (TPSA) is 54.5 Å². The van der Waals surface area contributed by atoms with Gasteiger partial charge in [-0.25, -0.2) is 9.78 Å². The smallest absolute Gasteiger partial charge is 0.317 e. The van der Waals surface area contributed by atoms with Crippen LogP contribution in [0.5, 0.6) is 5.75 Å². The van der Waals surface area contributed by atoms with Crippen molar-refractivity contribution in [2.75, 3.05) is 20.2 Å². The van der Waals surface area contributed by atoms with Crippen LogP contribution in [-0.4, -0.2) is 36.1 Å². The first-order chi connectivity index (χ1) is 11.7. The fourth-order valence-corrected chi connectivity index (χ4v) is 2.93. The van der Waals surface area contributed by atoms with E-state index in [2.05, 4.69) is 10.3 Å². The van der Waals surface area contributed by atoms with E-state index in [1.165, 1.54) is 17.8 Å². The number of pyridine rings is 1. The van der Waals surface area contributed by atoms with Gasteiger partial charge in [0.1, 0.15) is 5.75 Å². The van der Waals surface area contributed by atoms with E-state index < -0.39 is 5.95 Å². The largest absolute Gasteiger partial charge is 0.497 e. The van der Waals surface area contributed by atoms with Crippen LogP contribution >= 0.6 is 0 Å². The van der Waals surface area contributed by atoms with Crippen LogP contribution < -0.4 is 10.1 Å². The van der Waals surface area contributed by atoms with Gasteiger partial charge >= 0.3 is 6.03 Å². The van der Waals surface area contributed by atoms with Gasteiger partial charge in [-0.3, -0.25) is 0 Å². The molecule has 5 nitrogen and oxygen atoms in total. The maximum absolute atomic E-state index is 13.0. The van der Waals surface area contributed by atoms with E-state index >= 15 is 0 Å². The molecule has 1 N–H and O–H groups in total. The number of amides is 2.